The van der Waals surface area contributed by atoms with Gasteiger partial charge in [0, 0.05) is 11.1 Å². The predicted octanol–water partition coefficient (Wildman–Crippen LogP) is 3.55. The van der Waals surface area contributed by atoms with Crippen molar-refractivity contribution < 1.29 is 19.1 Å². The van der Waals surface area contributed by atoms with Crippen molar-refractivity contribution in [1.29, 1.82) is 0 Å². The molecule has 1 N–H and O–H groups in total. The normalized spacial score (nSPS) is 11.2. The Labute approximate surface area is 135 Å². The molecule has 2 aromatic rings. The number of methoxy groups -OCH3 is 2. The molecule has 5 heteroatoms. The van der Waals surface area contributed by atoms with Crippen LogP contribution in [-0.4, -0.2) is 31.1 Å². The lowest BCUT2D eigenvalue weighted by molar-refractivity contribution is 0.0555. The molecule has 0 saturated carbocycles. The van der Waals surface area contributed by atoms with E-state index in [1.54, 1.807) is 0 Å². The van der Waals surface area contributed by atoms with Gasteiger partial charge in [0.05, 0.1) is 31.0 Å². The highest BCUT2D eigenvalue weighted by molar-refractivity contribution is 6.08. The molecule has 23 heavy (non-hydrogen) atoms. The van der Waals surface area contributed by atoms with Crippen molar-refractivity contribution >= 4 is 11.9 Å². The lowest BCUT2D eigenvalue weighted by atomic mass is 9.88. The second kappa shape index (κ2) is 6.28. The summed E-state index contributed by atoms with van der Waals surface area (Å²) < 4.78 is 9.78. The molecule has 5 nitrogen and oxygen atoms in total. The highest BCUT2D eigenvalue weighted by Gasteiger charge is 2.34. The number of carbonyl (C=O) groups excluding carboxylic acids is 2. The summed E-state index contributed by atoms with van der Waals surface area (Å²) >= 11 is 0. The Bertz CT molecular complexity index is 723. The summed E-state index contributed by atoms with van der Waals surface area (Å²) in [6.07, 6.45) is 0. The Kier molecular flexibility index (Phi) is 4.59. The van der Waals surface area contributed by atoms with Crippen LogP contribution in [0.4, 0.5) is 0 Å². The smallest absolute Gasteiger partial charge is 0.340 e. The number of hydrogen-bond donors (Lipinski definition) is 1. The molecule has 0 spiro atoms. The van der Waals surface area contributed by atoms with Crippen molar-refractivity contribution in [2.24, 2.45) is 0 Å². The molecule has 0 radical (unpaired) electrons. The van der Waals surface area contributed by atoms with Crippen LogP contribution in [0.5, 0.6) is 0 Å². The van der Waals surface area contributed by atoms with Crippen LogP contribution in [-0.2, 0) is 14.9 Å². The summed E-state index contributed by atoms with van der Waals surface area (Å²) in [5, 5.41) is 0. The zero-order valence-electron chi connectivity index (χ0n) is 14.0. The second-order valence-electron chi connectivity index (χ2n) is 6.22. The number of benzene rings is 1. The second-order valence-corrected chi connectivity index (χ2v) is 6.22. The third-order valence-corrected chi connectivity index (χ3v) is 3.59. The topological polar surface area (TPSA) is 68.4 Å². The fraction of sp³-hybridized carbons (Fsp3) is 0.333. The SMILES string of the molecule is COC(=O)c1c(-c2ccccc2)[nH]c(C(C)(C)C)c1C(=O)OC. The number of rotatable bonds is 3. The summed E-state index contributed by atoms with van der Waals surface area (Å²) in [6, 6.07) is 9.35. The lowest BCUT2D eigenvalue weighted by Gasteiger charge is -2.18. The molecule has 2 rings (SSSR count). The minimum absolute atomic E-state index is 0.204. The summed E-state index contributed by atoms with van der Waals surface area (Å²) in [6.45, 7) is 5.88. The molecule has 0 unspecified atom stereocenters. The molecule has 0 aliphatic carbocycles. The van der Waals surface area contributed by atoms with Gasteiger partial charge < -0.3 is 14.5 Å². The fourth-order valence-electron chi connectivity index (χ4n) is 2.50. The standard InChI is InChI=1S/C18H21NO4/c1-18(2,3)15-13(17(21)23-5)12(16(20)22-4)14(19-15)11-9-7-6-8-10-11/h6-10,19H,1-5H3. The first kappa shape index (κ1) is 16.8. The van der Waals surface area contributed by atoms with E-state index in [4.69, 9.17) is 9.47 Å². The number of carbonyl (C=O) groups is 2. The van der Waals surface area contributed by atoms with Gasteiger partial charge in [-0.05, 0) is 5.56 Å². The number of aromatic nitrogens is 1. The third-order valence-electron chi connectivity index (χ3n) is 3.59. The van der Waals surface area contributed by atoms with Crippen molar-refractivity contribution in [2.75, 3.05) is 14.2 Å². The maximum absolute atomic E-state index is 12.3. The molecule has 0 atom stereocenters. The van der Waals surface area contributed by atoms with E-state index in [-0.39, 0.29) is 16.5 Å². The number of esters is 2. The molecule has 0 aliphatic rings. The van der Waals surface area contributed by atoms with Crippen LogP contribution in [0, 0.1) is 0 Å². The van der Waals surface area contributed by atoms with Gasteiger partial charge in [0.15, 0.2) is 0 Å². The third kappa shape index (κ3) is 3.13. The van der Waals surface area contributed by atoms with Gasteiger partial charge in [0.25, 0.3) is 0 Å². The van der Waals surface area contributed by atoms with Gasteiger partial charge >= 0.3 is 11.9 Å². The average molecular weight is 315 g/mol. The summed E-state index contributed by atoms with van der Waals surface area (Å²) in [5.41, 5.74) is 2.06. The predicted molar refractivity (Wildman–Crippen MR) is 87.6 cm³/mol. The quantitative estimate of drug-likeness (QED) is 0.879. The molecule has 0 aliphatic heterocycles. The van der Waals surface area contributed by atoms with Gasteiger partial charge in [-0.25, -0.2) is 9.59 Å². The van der Waals surface area contributed by atoms with Crippen LogP contribution >= 0.6 is 0 Å². The minimum atomic E-state index is -0.573. The summed E-state index contributed by atoms with van der Waals surface area (Å²) in [4.78, 5) is 27.9. The van der Waals surface area contributed by atoms with E-state index < -0.39 is 11.9 Å². The number of aromatic amines is 1. The number of ether oxygens (including phenoxy) is 2. The van der Waals surface area contributed by atoms with Gasteiger partial charge in [-0.15, -0.1) is 0 Å². The summed E-state index contributed by atoms with van der Waals surface area (Å²) in [7, 11) is 2.59. The van der Waals surface area contributed by atoms with E-state index in [0.29, 0.717) is 11.4 Å². The van der Waals surface area contributed by atoms with Crippen LogP contribution in [0.2, 0.25) is 0 Å². The van der Waals surface area contributed by atoms with Gasteiger partial charge in [-0.2, -0.15) is 0 Å². The molecular formula is C18H21NO4. The molecule has 1 aromatic heterocycles. The Morgan fingerprint density at radius 3 is 1.91 bits per heavy atom. The van der Waals surface area contributed by atoms with Gasteiger partial charge in [-0.3, -0.25) is 0 Å². The van der Waals surface area contributed by atoms with Gasteiger partial charge in [0.2, 0.25) is 0 Å². The highest BCUT2D eigenvalue weighted by atomic mass is 16.5. The van der Waals surface area contributed by atoms with Crippen LogP contribution in [0.1, 0.15) is 47.2 Å². The van der Waals surface area contributed by atoms with Crippen LogP contribution in [0.25, 0.3) is 11.3 Å². The van der Waals surface area contributed by atoms with Gasteiger partial charge in [0.1, 0.15) is 0 Å². The van der Waals surface area contributed by atoms with E-state index in [9.17, 15) is 9.59 Å². The molecule has 0 bridgehead atoms. The average Bonchev–Trinajstić information content (AvgIpc) is 2.95. The van der Waals surface area contributed by atoms with Gasteiger partial charge in [-0.1, -0.05) is 51.1 Å². The minimum Gasteiger partial charge on any atom is -0.465 e. The molecule has 1 heterocycles. The van der Waals surface area contributed by atoms with Crippen LogP contribution in [0.15, 0.2) is 30.3 Å². The van der Waals surface area contributed by atoms with Crippen LogP contribution in [0.3, 0.4) is 0 Å². The van der Waals surface area contributed by atoms with E-state index in [1.165, 1.54) is 14.2 Å². The zero-order valence-corrected chi connectivity index (χ0v) is 14.0. The number of H-pyrrole nitrogens is 1. The van der Waals surface area contributed by atoms with E-state index in [1.807, 2.05) is 51.1 Å². The first-order chi connectivity index (χ1) is 10.8. The van der Waals surface area contributed by atoms with E-state index >= 15 is 0 Å². The molecular weight excluding hydrogens is 294 g/mol. The first-order valence-corrected chi connectivity index (χ1v) is 7.29. The molecule has 0 fully saturated rings. The first-order valence-electron chi connectivity index (χ1n) is 7.29. The van der Waals surface area contributed by atoms with E-state index in [2.05, 4.69) is 4.98 Å². The van der Waals surface area contributed by atoms with E-state index in [0.717, 1.165) is 5.56 Å². The molecule has 0 saturated heterocycles. The van der Waals surface area contributed by atoms with Crippen molar-refractivity contribution in [2.45, 2.75) is 26.2 Å². The number of hydrogen-bond acceptors (Lipinski definition) is 4. The van der Waals surface area contributed by atoms with Crippen molar-refractivity contribution in [1.82, 2.24) is 4.98 Å². The van der Waals surface area contributed by atoms with Crippen molar-refractivity contribution in [3.63, 3.8) is 0 Å². The lowest BCUT2D eigenvalue weighted by Crippen LogP contribution is -2.19. The van der Waals surface area contributed by atoms with Crippen molar-refractivity contribution in [3.05, 3.63) is 47.2 Å². The highest BCUT2D eigenvalue weighted by Crippen LogP contribution is 2.35. The van der Waals surface area contributed by atoms with Crippen LogP contribution < -0.4 is 0 Å². The zero-order chi connectivity index (χ0) is 17.2. The largest absolute Gasteiger partial charge is 0.465 e. The Hall–Kier alpha value is -2.56. The number of nitrogens with one attached hydrogen (secondary N) is 1. The maximum Gasteiger partial charge on any atom is 0.340 e. The monoisotopic (exact) mass is 315 g/mol. The van der Waals surface area contributed by atoms with Crippen molar-refractivity contribution in [3.8, 4) is 11.3 Å². The Balaban J connectivity index is 2.84. The molecule has 1 aromatic carbocycles. The maximum atomic E-state index is 12.3. The Morgan fingerprint density at radius 1 is 0.913 bits per heavy atom. The fourth-order valence-corrected chi connectivity index (χ4v) is 2.50. The molecule has 0 amide bonds. The molecule has 122 valence electrons. The summed E-state index contributed by atoms with van der Waals surface area (Å²) in [5.74, 6) is -1.13. The Morgan fingerprint density at radius 2 is 1.43 bits per heavy atom.